The normalized spacial score (nSPS) is 18.8. The summed E-state index contributed by atoms with van der Waals surface area (Å²) in [4.78, 5) is 28.3. The van der Waals surface area contributed by atoms with Gasteiger partial charge in [0.2, 0.25) is 0 Å². The number of allylic oxidation sites excluding steroid dienone is 1. The molecule has 0 aliphatic carbocycles. The van der Waals surface area contributed by atoms with Crippen LogP contribution in [0.5, 0.6) is 0 Å². The molecule has 0 N–H and O–H groups in total. The fraction of sp³-hybridized carbons (Fsp3) is 0.700. The van der Waals surface area contributed by atoms with Crippen LogP contribution in [0.2, 0.25) is 0 Å². The molecule has 1 aliphatic heterocycles. The van der Waals surface area contributed by atoms with Crippen molar-refractivity contribution in [3.05, 3.63) is 24.0 Å². The number of unbranched alkanes of at least 4 members (excludes halogenated alkanes) is 2. The summed E-state index contributed by atoms with van der Waals surface area (Å²) in [6, 6.07) is -0.0962. The molecule has 1 atom stereocenters. The summed E-state index contributed by atoms with van der Waals surface area (Å²) >= 11 is 0. The monoisotopic (exact) mass is 366 g/mol. The van der Waals surface area contributed by atoms with E-state index in [4.69, 9.17) is 9.47 Å². The second-order valence-electron chi connectivity index (χ2n) is 7.60. The first kappa shape index (κ1) is 22.1. The Balaban J connectivity index is 2.95. The highest BCUT2D eigenvalue weighted by Gasteiger charge is 2.35. The zero-order valence-electron chi connectivity index (χ0n) is 17.1. The summed E-state index contributed by atoms with van der Waals surface area (Å²) in [7, 11) is 0. The van der Waals surface area contributed by atoms with Crippen molar-refractivity contribution in [1.29, 1.82) is 0 Å². The molecule has 1 unspecified atom stereocenters. The van der Waals surface area contributed by atoms with Gasteiger partial charge in [0.1, 0.15) is 11.3 Å². The van der Waals surface area contributed by atoms with Gasteiger partial charge in [0.15, 0.2) is 0 Å². The summed E-state index contributed by atoms with van der Waals surface area (Å²) in [6.07, 6.45) is 4.42. The summed E-state index contributed by atoms with van der Waals surface area (Å²) in [5, 5.41) is 0. The Kier molecular flexibility index (Phi) is 8.18. The lowest BCUT2D eigenvalue weighted by Crippen LogP contribution is -2.53. The number of nitrogens with zero attached hydrogens (tertiary/aromatic N) is 2. The molecule has 148 valence electrons. The number of hydrogen-bond donors (Lipinski definition) is 0. The fourth-order valence-electron chi connectivity index (χ4n) is 2.87. The number of carbonyl (C=O) groups is 2. The largest absolute Gasteiger partial charge is 0.461 e. The van der Waals surface area contributed by atoms with E-state index in [0.29, 0.717) is 31.1 Å². The molecular weight excluding hydrogens is 332 g/mol. The Hall–Kier alpha value is -1.98. The molecule has 0 saturated carbocycles. The molecule has 1 heterocycles. The van der Waals surface area contributed by atoms with E-state index in [9.17, 15) is 9.59 Å². The number of carbonyl (C=O) groups excluding carboxylic acids is 2. The molecule has 26 heavy (non-hydrogen) atoms. The van der Waals surface area contributed by atoms with Gasteiger partial charge in [0.05, 0.1) is 13.2 Å². The molecule has 0 aromatic heterocycles. The van der Waals surface area contributed by atoms with Gasteiger partial charge >= 0.3 is 12.1 Å². The molecule has 1 rings (SSSR count). The van der Waals surface area contributed by atoms with Gasteiger partial charge in [-0.3, -0.25) is 0 Å². The van der Waals surface area contributed by atoms with Crippen LogP contribution in [0.3, 0.4) is 0 Å². The predicted molar refractivity (Wildman–Crippen MR) is 102 cm³/mol. The minimum Gasteiger partial charge on any atom is -0.461 e. The van der Waals surface area contributed by atoms with E-state index < -0.39 is 5.60 Å². The molecule has 1 aliphatic rings. The lowest BCUT2D eigenvalue weighted by Gasteiger charge is -2.43. The Labute approximate surface area is 157 Å². The summed E-state index contributed by atoms with van der Waals surface area (Å²) < 4.78 is 10.7. The molecule has 0 aromatic carbocycles. The molecule has 1 saturated heterocycles. The van der Waals surface area contributed by atoms with Gasteiger partial charge < -0.3 is 19.3 Å². The van der Waals surface area contributed by atoms with Crippen LogP contribution in [0.25, 0.3) is 0 Å². The van der Waals surface area contributed by atoms with Crippen molar-refractivity contribution in [1.82, 2.24) is 9.80 Å². The first-order valence-corrected chi connectivity index (χ1v) is 9.42. The Morgan fingerprint density at radius 2 is 1.96 bits per heavy atom. The highest BCUT2D eigenvalue weighted by atomic mass is 16.6. The van der Waals surface area contributed by atoms with Gasteiger partial charge in [-0.05, 0) is 47.5 Å². The molecule has 0 bridgehead atoms. The number of ether oxygens (including phenoxy) is 2. The van der Waals surface area contributed by atoms with Gasteiger partial charge in [0.25, 0.3) is 0 Å². The molecule has 0 aromatic rings. The zero-order chi connectivity index (χ0) is 19.9. The maximum absolute atomic E-state index is 12.5. The van der Waals surface area contributed by atoms with Crippen LogP contribution in [0.1, 0.15) is 60.8 Å². The number of rotatable bonds is 6. The third-order valence-electron chi connectivity index (χ3n) is 3.93. The van der Waals surface area contributed by atoms with Gasteiger partial charge in [-0.15, -0.1) is 0 Å². The summed E-state index contributed by atoms with van der Waals surface area (Å²) in [5.41, 5.74) is 0.654. The quantitative estimate of drug-likeness (QED) is 0.403. The van der Waals surface area contributed by atoms with Crippen molar-refractivity contribution in [3.8, 4) is 0 Å². The Morgan fingerprint density at radius 1 is 1.31 bits per heavy atom. The lowest BCUT2D eigenvalue weighted by molar-refractivity contribution is -0.140. The SMILES string of the molecule is C=C1CN(C(=O)OC(C)(C)C)CC(C)N1/C(=C\CCCC)C(=O)OCC. The molecule has 0 spiro atoms. The summed E-state index contributed by atoms with van der Waals surface area (Å²) in [6.45, 7) is 16.6. The van der Waals surface area contributed by atoms with E-state index in [0.717, 1.165) is 19.3 Å². The first-order chi connectivity index (χ1) is 12.1. The first-order valence-electron chi connectivity index (χ1n) is 9.42. The minimum atomic E-state index is -0.547. The number of hydrogen-bond acceptors (Lipinski definition) is 5. The van der Waals surface area contributed by atoms with Crippen LogP contribution in [-0.2, 0) is 14.3 Å². The molecule has 0 radical (unpaired) electrons. The molecule has 1 fully saturated rings. The zero-order valence-corrected chi connectivity index (χ0v) is 17.1. The van der Waals surface area contributed by atoms with Crippen LogP contribution in [0, 0.1) is 0 Å². The Morgan fingerprint density at radius 3 is 2.46 bits per heavy atom. The fourth-order valence-corrected chi connectivity index (χ4v) is 2.87. The number of piperazine rings is 1. The van der Waals surface area contributed by atoms with Crippen molar-refractivity contribution in [2.45, 2.75) is 72.4 Å². The third-order valence-corrected chi connectivity index (χ3v) is 3.93. The van der Waals surface area contributed by atoms with Gasteiger partial charge in [0, 0.05) is 18.3 Å². The van der Waals surface area contributed by atoms with Gasteiger partial charge in [-0.1, -0.05) is 26.0 Å². The molecular formula is C20H34N2O4. The van der Waals surface area contributed by atoms with Crippen molar-refractivity contribution in [3.63, 3.8) is 0 Å². The second-order valence-corrected chi connectivity index (χ2v) is 7.60. The van der Waals surface area contributed by atoms with Gasteiger partial charge in [-0.2, -0.15) is 0 Å². The number of esters is 1. The van der Waals surface area contributed by atoms with E-state index in [-0.39, 0.29) is 18.1 Å². The van der Waals surface area contributed by atoms with Crippen LogP contribution < -0.4 is 0 Å². The average Bonchev–Trinajstić information content (AvgIpc) is 2.51. The average molecular weight is 367 g/mol. The highest BCUT2D eigenvalue weighted by molar-refractivity contribution is 5.88. The maximum Gasteiger partial charge on any atom is 0.410 e. The lowest BCUT2D eigenvalue weighted by atomic mass is 10.1. The van der Waals surface area contributed by atoms with E-state index >= 15 is 0 Å². The molecule has 6 nitrogen and oxygen atoms in total. The van der Waals surface area contributed by atoms with Crippen molar-refractivity contribution in [2.24, 2.45) is 0 Å². The topological polar surface area (TPSA) is 59.1 Å². The van der Waals surface area contributed by atoms with Gasteiger partial charge in [-0.25, -0.2) is 9.59 Å². The Bertz CT molecular complexity index is 549. The maximum atomic E-state index is 12.5. The summed E-state index contributed by atoms with van der Waals surface area (Å²) in [5.74, 6) is -0.345. The van der Waals surface area contributed by atoms with E-state index in [1.807, 2.05) is 38.7 Å². The highest BCUT2D eigenvalue weighted by Crippen LogP contribution is 2.26. The van der Waals surface area contributed by atoms with Crippen LogP contribution in [0.4, 0.5) is 4.79 Å². The van der Waals surface area contributed by atoms with Crippen LogP contribution in [-0.4, -0.2) is 53.2 Å². The van der Waals surface area contributed by atoms with E-state index in [1.165, 1.54) is 0 Å². The van der Waals surface area contributed by atoms with E-state index in [1.54, 1.807) is 11.8 Å². The third kappa shape index (κ3) is 6.39. The van der Waals surface area contributed by atoms with Crippen LogP contribution >= 0.6 is 0 Å². The van der Waals surface area contributed by atoms with Crippen molar-refractivity contribution in [2.75, 3.05) is 19.7 Å². The van der Waals surface area contributed by atoms with Crippen molar-refractivity contribution >= 4 is 12.1 Å². The van der Waals surface area contributed by atoms with Crippen LogP contribution in [0.15, 0.2) is 24.0 Å². The smallest absolute Gasteiger partial charge is 0.410 e. The number of amides is 1. The standard InChI is InChI=1S/C20H34N2O4/c1-8-10-11-12-17(18(23)25-9-2)22-15(3)13-21(14-16(22)4)19(24)26-20(5,6)7/h12,16H,3,8-11,13-14H2,1-2,4-7H3/b17-12-. The predicted octanol–water partition coefficient (Wildman–Crippen LogP) is 4.08. The minimum absolute atomic E-state index is 0.0962. The molecule has 6 heteroatoms. The second kappa shape index (κ2) is 9.64. The van der Waals surface area contributed by atoms with E-state index in [2.05, 4.69) is 13.5 Å². The molecule has 1 amide bonds. The van der Waals surface area contributed by atoms with Crippen molar-refractivity contribution < 1.29 is 19.1 Å².